The van der Waals surface area contributed by atoms with Crippen LogP contribution in [0.25, 0.3) is 0 Å². The number of likely N-dealkylation sites (tertiary alicyclic amines) is 1. The Balaban J connectivity index is 1.13. The predicted molar refractivity (Wildman–Crippen MR) is 168 cm³/mol. The number of amides is 1. The van der Waals surface area contributed by atoms with Crippen LogP contribution in [0.15, 0.2) is 0 Å². The monoisotopic (exact) mass is 616 g/mol. The third kappa shape index (κ3) is 3.96. The lowest BCUT2D eigenvalue weighted by molar-refractivity contribution is -0.209. The molecular weight excluding hydrogens is 556 g/mol. The van der Waals surface area contributed by atoms with Crippen molar-refractivity contribution in [3.05, 3.63) is 0 Å². The first-order valence-electron chi connectivity index (χ1n) is 17.7. The summed E-state index contributed by atoms with van der Waals surface area (Å²) in [5, 5.41) is 26.5. The second kappa shape index (κ2) is 9.81. The number of nitrogens with one attached hydrogen (secondary N) is 1. The number of carbonyl (C=O) groups excluding carboxylic acids is 1. The summed E-state index contributed by atoms with van der Waals surface area (Å²) < 4.78 is 18.9. The van der Waals surface area contributed by atoms with Gasteiger partial charge >= 0.3 is 6.09 Å². The lowest BCUT2D eigenvalue weighted by Crippen LogP contribution is -2.61. The summed E-state index contributed by atoms with van der Waals surface area (Å²) >= 11 is 0. The molecule has 5 saturated carbocycles. The third-order valence-electron chi connectivity index (χ3n) is 15.7. The van der Waals surface area contributed by atoms with Gasteiger partial charge < -0.3 is 34.6 Å². The second-order valence-electron chi connectivity index (χ2n) is 18.3. The first kappa shape index (κ1) is 31.7. The fourth-order valence-electron chi connectivity index (χ4n) is 13.7. The highest BCUT2D eigenvalue weighted by molar-refractivity contribution is 5.68. The Morgan fingerprint density at radius 1 is 1.05 bits per heavy atom. The van der Waals surface area contributed by atoms with Crippen molar-refractivity contribution in [2.45, 2.75) is 142 Å². The average molecular weight is 617 g/mol. The normalized spacial score (nSPS) is 51.9. The molecule has 0 aromatic carbocycles. The minimum absolute atomic E-state index is 0.00514. The lowest BCUT2D eigenvalue weighted by atomic mass is 9.41. The minimum Gasteiger partial charge on any atom is -0.446 e. The lowest BCUT2D eigenvalue weighted by Gasteiger charge is -2.63. The number of nitrogens with zero attached hydrogens (tertiary/aromatic N) is 1. The van der Waals surface area contributed by atoms with E-state index in [9.17, 15) is 15.0 Å². The highest BCUT2D eigenvalue weighted by atomic mass is 16.6. The number of hydrogen-bond donors (Lipinski definition) is 3. The topological polar surface area (TPSA) is 100 Å². The number of hydrogen-bond acceptors (Lipinski definition) is 7. The van der Waals surface area contributed by atoms with Crippen molar-refractivity contribution in [1.29, 1.82) is 0 Å². The molecule has 2 aliphatic heterocycles. The van der Waals surface area contributed by atoms with Gasteiger partial charge in [0.15, 0.2) is 0 Å². The van der Waals surface area contributed by atoms with Crippen molar-refractivity contribution >= 4 is 6.09 Å². The van der Waals surface area contributed by atoms with E-state index in [0.717, 1.165) is 51.6 Å². The molecule has 13 atom stereocenters. The summed E-state index contributed by atoms with van der Waals surface area (Å²) in [6.45, 7) is 17.3. The SMILES string of the molecule is COC(C1C[C@@H](C)[C@H]2C(O1)[C@H](O)[C@@]1(C)C3CC[C@H]4C(C)(C)C(OC(=O)NC5CN(C)C5)CCC45CC35CCC21C)C(C)(C)O. The molecule has 8 heteroatoms. The van der Waals surface area contributed by atoms with E-state index in [4.69, 9.17) is 14.2 Å². The molecule has 0 aromatic rings. The molecule has 2 saturated heterocycles. The molecule has 0 bridgehead atoms. The molecular formula is C36H60N2O6. The molecule has 7 aliphatic rings. The molecule has 0 radical (unpaired) electrons. The van der Waals surface area contributed by atoms with Crippen LogP contribution >= 0.6 is 0 Å². The molecule has 1 amide bonds. The zero-order valence-corrected chi connectivity index (χ0v) is 28.8. The molecule has 8 nitrogen and oxygen atoms in total. The van der Waals surface area contributed by atoms with Gasteiger partial charge in [0.25, 0.3) is 0 Å². The summed E-state index contributed by atoms with van der Waals surface area (Å²) in [5.41, 5.74) is -0.812. The Morgan fingerprint density at radius 3 is 2.34 bits per heavy atom. The van der Waals surface area contributed by atoms with Crippen LogP contribution in [0.5, 0.6) is 0 Å². The Kier molecular flexibility index (Phi) is 7.06. The van der Waals surface area contributed by atoms with Gasteiger partial charge in [0.2, 0.25) is 0 Å². The van der Waals surface area contributed by atoms with E-state index in [2.05, 4.69) is 51.9 Å². The van der Waals surface area contributed by atoms with Crippen LogP contribution in [0.3, 0.4) is 0 Å². The molecule has 250 valence electrons. The minimum atomic E-state index is -1.02. The molecule has 44 heavy (non-hydrogen) atoms. The van der Waals surface area contributed by atoms with Crippen molar-refractivity contribution in [3.63, 3.8) is 0 Å². The van der Waals surface area contributed by atoms with Gasteiger partial charge in [0, 0.05) is 31.0 Å². The van der Waals surface area contributed by atoms with Gasteiger partial charge in [-0.1, -0.05) is 34.6 Å². The van der Waals surface area contributed by atoms with Gasteiger partial charge in [-0.15, -0.1) is 0 Å². The van der Waals surface area contributed by atoms with Gasteiger partial charge in [-0.25, -0.2) is 4.79 Å². The van der Waals surface area contributed by atoms with E-state index in [1.165, 1.54) is 12.8 Å². The van der Waals surface area contributed by atoms with Gasteiger partial charge in [-0.05, 0) is 112 Å². The van der Waals surface area contributed by atoms with E-state index in [1.807, 2.05) is 0 Å². The number of methoxy groups -OCH3 is 1. The van der Waals surface area contributed by atoms with Crippen LogP contribution in [0, 0.1) is 50.7 Å². The van der Waals surface area contributed by atoms with Crippen LogP contribution in [0.1, 0.15) is 99.8 Å². The summed E-state index contributed by atoms with van der Waals surface area (Å²) in [6.07, 6.45) is 6.97. The number of alkyl carbamates (subject to hydrolysis) is 1. The Morgan fingerprint density at radius 2 is 1.70 bits per heavy atom. The predicted octanol–water partition coefficient (Wildman–Crippen LogP) is 4.99. The Bertz CT molecular complexity index is 1170. The summed E-state index contributed by atoms with van der Waals surface area (Å²) in [5.74, 6) is 1.64. The second-order valence-corrected chi connectivity index (χ2v) is 18.3. The van der Waals surface area contributed by atoms with Crippen molar-refractivity contribution in [1.82, 2.24) is 10.2 Å². The Labute approximate surface area is 265 Å². The molecule has 5 aliphatic carbocycles. The highest BCUT2D eigenvalue weighted by Crippen LogP contribution is 2.89. The highest BCUT2D eigenvalue weighted by Gasteiger charge is 2.84. The van der Waals surface area contributed by atoms with Crippen molar-refractivity contribution in [3.8, 4) is 0 Å². The molecule has 7 rings (SSSR count). The number of aliphatic hydroxyl groups is 2. The average Bonchev–Trinajstić information content (AvgIpc) is 3.54. The van der Waals surface area contributed by atoms with E-state index in [1.54, 1.807) is 21.0 Å². The number of likely N-dealkylation sites (N-methyl/N-ethyl adjacent to an activating group) is 1. The molecule has 7 fully saturated rings. The van der Waals surface area contributed by atoms with Crippen LogP contribution in [-0.2, 0) is 14.2 Å². The standard InChI is InChI=1S/C36H60N2O6/c1-20-16-22(29(42-9)32(4,5)41)43-27-26(20)33(6)14-15-36-19-35(36)13-12-25(44-30(40)37-21-17-38(8)18-21)31(2,3)23(35)10-11-24(36)34(33,7)28(27)39/h20-29,39,41H,10-19H2,1-9H3,(H,37,40)/t20-,22?,23+,24?,25?,26+,27?,28+,29?,33?,34-,35?,36?/m1/s1. The quantitative estimate of drug-likeness (QED) is 0.400. The van der Waals surface area contributed by atoms with E-state index < -0.39 is 17.8 Å². The van der Waals surface area contributed by atoms with E-state index >= 15 is 0 Å². The van der Waals surface area contributed by atoms with Crippen LogP contribution in [0.4, 0.5) is 4.79 Å². The first-order valence-corrected chi connectivity index (χ1v) is 17.7. The maximum absolute atomic E-state index is 12.9. The molecule has 2 heterocycles. The zero-order valence-electron chi connectivity index (χ0n) is 28.8. The van der Waals surface area contributed by atoms with Gasteiger partial charge in [-0.2, -0.15) is 0 Å². The number of fused-ring (bicyclic) bond motifs is 4. The number of ether oxygens (including phenoxy) is 3. The molecule has 8 unspecified atom stereocenters. The van der Waals surface area contributed by atoms with Crippen molar-refractivity contribution in [2.75, 3.05) is 27.2 Å². The summed E-state index contributed by atoms with van der Waals surface area (Å²) in [6, 6.07) is 0.198. The van der Waals surface area contributed by atoms with Crippen LogP contribution < -0.4 is 5.32 Å². The number of rotatable bonds is 5. The number of aliphatic hydroxyl groups excluding tert-OH is 1. The Hall–Kier alpha value is -0.930. The zero-order chi connectivity index (χ0) is 31.8. The smallest absolute Gasteiger partial charge is 0.407 e. The van der Waals surface area contributed by atoms with Crippen LogP contribution in [-0.4, -0.2) is 90.6 Å². The maximum Gasteiger partial charge on any atom is 0.407 e. The molecule has 3 N–H and O–H groups in total. The first-order chi connectivity index (χ1) is 20.5. The van der Waals surface area contributed by atoms with E-state index in [0.29, 0.717) is 17.8 Å². The van der Waals surface area contributed by atoms with Crippen molar-refractivity contribution < 1.29 is 29.2 Å². The van der Waals surface area contributed by atoms with Crippen molar-refractivity contribution in [2.24, 2.45) is 50.7 Å². The third-order valence-corrected chi connectivity index (χ3v) is 15.7. The van der Waals surface area contributed by atoms with E-state index in [-0.39, 0.29) is 63.4 Å². The number of carbonyl (C=O) groups is 1. The molecule has 0 aromatic heterocycles. The van der Waals surface area contributed by atoms with Crippen LogP contribution in [0.2, 0.25) is 0 Å². The maximum atomic E-state index is 12.9. The van der Waals surface area contributed by atoms with Gasteiger partial charge in [0.1, 0.15) is 12.2 Å². The van der Waals surface area contributed by atoms with Gasteiger partial charge in [-0.3, -0.25) is 0 Å². The summed E-state index contributed by atoms with van der Waals surface area (Å²) in [7, 11) is 3.73. The fraction of sp³-hybridized carbons (Fsp3) is 0.972. The summed E-state index contributed by atoms with van der Waals surface area (Å²) in [4.78, 5) is 15.1. The van der Waals surface area contributed by atoms with Gasteiger partial charge in [0.05, 0.1) is 30.0 Å². The fourth-order valence-corrected chi connectivity index (χ4v) is 13.7. The largest absolute Gasteiger partial charge is 0.446 e. The molecule has 2 spiro atoms.